The summed E-state index contributed by atoms with van der Waals surface area (Å²) in [5, 5.41) is 14.3. The monoisotopic (exact) mass is 298 g/mol. The number of rotatable bonds is 4. The predicted molar refractivity (Wildman–Crippen MR) is 77.1 cm³/mol. The molecule has 0 unspecified atom stereocenters. The molecule has 2 amide bonds. The topological polar surface area (TPSA) is 95.5 Å². The molecular formula is C13H18N2O4S. The summed E-state index contributed by atoms with van der Waals surface area (Å²) in [6.45, 7) is 6.79. The highest BCUT2D eigenvalue weighted by molar-refractivity contribution is 7.16. The Morgan fingerprint density at radius 1 is 1.30 bits per heavy atom. The van der Waals surface area contributed by atoms with Crippen molar-refractivity contribution in [3.8, 4) is 0 Å². The van der Waals surface area contributed by atoms with E-state index >= 15 is 0 Å². The molecule has 1 aromatic rings. The number of carboxylic acid groups (broad SMARTS) is 1. The lowest BCUT2D eigenvalue weighted by atomic mass is 9.96. The van der Waals surface area contributed by atoms with Gasteiger partial charge in [0, 0.05) is 10.3 Å². The number of thiophene rings is 1. The molecule has 1 rings (SSSR count). The van der Waals surface area contributed by atoms with Crippen molar-refractivity contribution in [1.82, 2.24) is 5.32 Å². The summed E-state index contributed by atoms with van der Waals surface area (Å²) < 4.78 is 0. The second-order valence-corrected chi connectivity index (χ2v) is 6.64. The number of carboxylic acids is 1. The van der Waals surface area contributed by atoms with Crippen molar-refractivity contribution in [2.24, 2.45) is 5.41 Å². The largest absolute Gasteiger partial charge is 0.478 e. The quantitative estimate of drug-likeness (QED) is 0.790. The van der Waals surface area contributed by atoms with Gasteiger partial charge in [-0.1, -0.05) is 20.8 Å². The van der Waals surface area contributed by atoms with Crippen LogP contribution >= 0.6 is 11.3 Å². The summed E-state index contributed by atoms with van der Waals surface area (Å²) in [5.41, 5.74) is -0.519. The van der Waals surface area contributed by atoms with E-state index in [1.165, 1.54) is 17.4 Å². The van der Waals surface area contributed by atoms with Crippen molar-refractivity contribution in [3.63, 3.8) is 0 Å². The van der Waals surface area contributed by atoms with Gasteiger partial charge in [0.15, 0.2) is 0 Å². The van der Waals surface area contributed by atoms with E-state index < -0.39 is 17.3 Å². The van der Waals surface area contributed by atoms with Crippen LogP contribution in [-0.2, 0) is 9.59 Å². The maximum Gasteiger partial charge on any atom is 0.338 e. The number of aryl methyl sites for hydroxylation is 1. The fourth-order valence-corrected chi connectivity index (χ4v) is 2.28. The van der Waals surface area contributed by atoms with E-state index in [4.69, 9.17) is 5.11 Å². The average Bonchev–Trinajstić information content (AvgIpc) is 2.65. The molecule has 0 fully saturated rings. The van der Waals surface area contributed by atoms with Gasteiger partial charge in [-0.3, -0.25) is 9.59 Å². The molecule has 0 aliphatic heterocycles. The smallest absolute Gasteiger partial charge is 0.338 e. The van der Waals surface area contributed by atoms with Crippen LogP contribution in [0.3, 0.4) is 0 Å². The van der Waals surface area contributed by atoms with Crippen molar-refractivity contribution in [2.45, 2.75) is 27.7 Å². The Kier molecular flexibility index (Phi) is 4.88. The Morgan fingerprint density at radius 3 is 2.40 bits per heavy atom. The number of anilines is 1. The summed E-state index contributed by atoms with van der Waals surface area (Å²) in [7, 11) is 0. The zero-order chi connectivity index (χ0) is 15.5. The Balaban J connectivity index is 2.64. The third kappa shape index (κ3) is 4.34. The first kappa shape index (κ1) is 16.2. The molecule has 0 radical (unpaired) electrons. The molecule has 1 aromatic heterocycles. The zero-order valence-corrected chi connectivity index (χ0v) is 12.7. The van der Waals surface area contributed by atoms with Gasteiger partial charge in [0.05, 0.1) is 12.1 Å². The Morgan fingerprint density at radius 2 is 1.90 bits per heavy atom. The first-order chi connectivity index (χ1) is 9.11. The summed E-state index contributed by atoms with van der Waals surface area (Å²) in [5.74, 6) is -1.79. The lowest BCUT2D eigenvalue weighted by Crippen LogP contribution is -2.39. The van der Waals surface area contributed by atoms with Gasteiger partial charge in [0.2, 0.25) is 11.8 Å². The Bertz CT molecular complexity index is 543. The van der Waals surface area contributed by atoms with Crippen LogP contribution in [0.5, 0.6) is 0 Å². The second kappa shape index (κ2) is 6.04. The molecule has 110 valence electrons. The van der Waals surface area contributed by atoms with E-state index in [9.17, 15) is 14.4 Å². The summed E-state index contributed by atoms with van der Waals surface area (Å²) in [6.07, 6.45) is 0. The van der Waals surface area contributed by atoms with Crippen molar-refractivity contribution < 1.29 is 19.5 Å². The van der Waals surface area contributed by atoms with Crippen LogP contribution in [0.2, 0.25) is 0 Å². The summed E-state index contributed by atoms with van der Waals surface area (Å²) in [4.78, 5) is 35.1. The molecule has 0 spiro atoms. The standard InChI is InChI=1S/C13H18N2O4S/c1-7-5-8(11(17)18)10(20-7)15-9(16)6-14-12(19)13(2,3)4/h5H,6H2,1-4H3,(H,14,19)(H,15,16)(H,17,18). The molecule has 0 aliphatic carbocycles. The van der Waals surface area contributed by atoms with Gasteiger partial charge in [-0.25, -0.2) is 4.79 Å². The number of carbonyl (C=O) groups excluding carboxylic acids is 2. The molecule has 0 bridgehead atoms. The lowest BCUT2D eigenvalue weighted by molar-refractivity contribution is -0.130. The third-order valence-electron chi connectivity index (χ3n) is 2.43. The van der Waals surface area contributed by atoms with Crippen molar-refractivity contribution >= 4 is 34.1 Å². The van der Waals surface area contributed by atoms with Crippen LogP contribution in [0.15, 0.2) is 6.07 Å². The minimum atomic E-state index is -1.09. The second-order valence-electron chi connectivity index (χ2n) is 5.39. The first-order valence-corrected chi connectivity index (χ1v) is 6.85. The van der Waals surface area contributed by atoms with Crippen molar-refractivity contribution in [1.29, 1.82) is 0 Å². The maximum atomic E-state index is 11.7. The third-order valence-corrected chi connectivity index (χ3v) is 3.40. The molecule has 0 aromatic carbocycles. The van der Waals surface area contributed by atoms with Gasteiger partial charge in [-0.15, -0.1) is 11.3 Å². The molecule has 3 N–H and O–H groups in total. The Labute approximate surface area is 121 Å². The van der Waals surface area contributed by atoms with Crippen LogP contribution in [0.25, 0.3) is 0 Å². The van der Waals surface area contributed by atoms with Gasteiger partial charge in [0.25, 0.3) is 0 Å². The van der Waals surface area contributed by atoms with Gasteiger partial charge < -0.3 is 15.7 Å². The molecule has 0 aliphatic rings. The maximum absolute atomic E-state index is 11.7. The van der Waals surface area contributed by atoms with Gasteiger partial charge in [0.1, 0.15) is 5.00 Å². The average molecular weight is 298 g/mol. The van der Waals surface area contributed by atoms with Gasteiger partial charge >= 0.3 is 5.97 Å². The van der Waals surface area contributed by atoms with E-state index in [0.29, 0.717) is 0 Å². The molecule has 7 heteroatoms. The van der Waals surface area contributed by atoms with E-state index in [1.54, 1.807) is 27.7 Å². The number of aromatic carboxylic acids is 1. The normalized spacial score (nSPS) is 11.0. The minimum Gasteiger partial charge on any atom is -0.478 e. The van der Waals surface area contributed by atoms with Crippen LogP contribution < -0.4 is 10.6 Å². The molecular weight excluding hydrogens is 280 g/mol. The number of nitrogens with one attached hydrogen (secondary N) is 2. The molecule has 0 saturated heterocycles. The van der Waals surface area contributed by atoms with Crippen molar-refractivity contribution in [3.05, 3.63) is 16.5 Å². The van der Waals surface area contributed by atoms with E-state index in [1.807, 2.05) is 0 Å². The Hall–Kier alpha value is -1.89. The highest BCUT2D eigenvalue weighted by Crippen LogP contribution is 2.27. The SMILES string of the molecule is Cc1cc(C(=O)O)c(NC(=O)CNC(=O)C(C)(C)C)s1. The van der Waals surface area contributed by atoms with Gasteiger partial charge in [-0.2, -0.15) is 0 Å². The molecule has 20 heavy (non-hydrogen) atoms. The number of carbonyl (C=O) groups is 3. The van der Waals surface area contributed by atoms with Crippen LogP contribution in [0.1, 0.15) is 36.0 Å². The fraction of sp³-hybridized carbons (Fsp3) is 0.462. The fourth-order valence-electron chi connectivity index (χ4n) is 1.36. The lowest BCUT2D eigenvalue weighted by Gasteiger charge is -2.17. The number of hydrogen-bond donors (Lipinski definition) is 3. The van der Waals surface area contributed by atoms with Gasteiger partial charge in [-0.05, 0) is 13.0 Å². The molecule has 1 heterocycles. The van der Waals surface area contributed by atoms with Crippen LogP contribution in [0, 0.1) is 12.3 Å². The van der Waals surface area contributed by atoms with Crippen LogP contribution in [0.4, 0.5) is 5.00 Å². The molecule has 6 nitrogen and oxygen atoms in total. The van der Waals surface area contributed by atoms with Crippen molar-refractivity contribution in [2.75, 3.05) is 11.9 Å². The number of amides is 2. The van der Waals surface area contributed by atoms with Crippen LogP contribution in [-0.4, -0.2) is 29.4 Å². The molecule has 0 saturated carbocycles. The number of hydrogen-bond acceptors (Lipinski definition) is 4. The minimum absolute atomic E-state index is 0.0583. The summed E-state index contributed by atoms with van der Waals surface area (Å²) in [6, 6.07) is 1.50. The van der Waals surface area contributed by atoms with E-state index in [0.717, 1.165) is 4.88 Å². The van der Waals surface area contributed by atoms with E-state index in [-0.39, 0.29) is 23.0 Å². The highest BCUT2D eigenvalue weighted by atomic mass is 32.1. The van der Waals surface area contributed by atoms with E-state index in [2.05, 4.69) is 10.6 Å². The summed E-state index contributed by atoms with van der Waals surface area (Å²) >= 11 is 1.19. The molecule has 0 atom stereocenters. The predicted octanol–water partition coefficient (Wildman–Crippen LogP) is 1.86. The first-order valence-electron chi connectivity index (χ1n) is 6.03. The zero-order valence-electron chi connectivity index (χ0n) is 11.9. The highest BCUT2D eigenvalue weighted by Gasteiger charge is 2.22.